The molecular weight excluding hydrogens is 179 g/mol. The molecule has 0 aliphatic rings. The van der Waals surface area contributed by atoms with Crippen LogP contribution in [0, 0.1) is 0 Å². The van der Waals surface area contributed by atoms with Crippen molar-refractivity contribution in [2.75, 3.05) is 0 Å². The fourth-order valence-electron chi connectivity index (χ4n) is 0. The van der Waals surface area contributed by atoms with Crippen LogP contribution >= 0.6 is 0 Å². The quantitative estimate of drug-likeness (QED) is 0.517. The molecule has 2 radical (unpaired) electrons. The molecule has 6 heavy (non-hydrogen) atoms. The fourth-order valence-corrected chi connectivity index (χ4v) is 0. The van der Waals surface area contributed by atoms with Crippen LogP contribution in [0.4, 0.5) is 0 Å². The molecule has 0 atom stereocenters. The van der Waals surface area contributed by atoms with E-state index in [9.17, 15) is 0 Å². The van der Waals surface area contributed by atoms with E-state index in [4.69, 9.17) is 0 Å². The predicted octanol–water partition coefficient (Wildman–Crippen LogP) is 2.20. The van der Waals surface area contributed by atoms with Crippen molar-refractivity contribution in [2.45, 2.75) is 30.1 Å². The van der Waals surface area contributed by atoms with Crippen molar-refractivity contribution in [1.82, 2.24) is 0 Å². The van der Waals surface area contributed by atoms with E-state index in [0.717, 1.165) is 0 Å². The van der Waals surface area contributed by atoms with Crippen molar-refractivity contribution in [3.63, 3.8) is 0 Å². The van der Waals surface area contributed by atoms with Gasteiger partial charge in [0.25, 0.3) is 0 Å². The molecule has 0 unspecified atom stereocenters. The van der Waals surface area contributed by atoms with Gasteiger partial charge in [-0.3, -0.25) is 0 Å². The second kappa shape index (κ2) is 17.0. The van der Waals surface area contributed by atoms with Gasteiger partial charge in [0.15, 0.2) is 0 Å². The molecule has 0 heterocycles. The summed E-state index contributed by atoms with van der Waals surface area (Å²) >= 11 is 0.230. The molecule has 0 amide bonds. The van der Waals surface area contributed by atoms with E-state index < -0.39 is 0 Å². The summed E-state index contributed by atoms with van der Waals surface area (Å²) in [5.41, 5.74) is 0. The molecule has 0 spiro atoms. The first-order chi connectivity index (χ1) is 2.83. The van der Waals surface area contributed by atoms with E-state index in [1.54, 1.807) is 0 Å². The molecule has 0 aromatic heterocycles. The fraction of sp³-hybridized carbons (Fsp3) is 1.00. The van der Waals surface area contributed by atoms with Crippen LogP contribution in [0.2, 0.25) is 9.88 Å². The molecule has 0 aliphatic heterocycles. The first-order valence-electron chi connectivity index (χ1n) is 2.41. The molecule has 0 aliphatic carbocycles. The van der Waals surface area contributed by atoms with Crippen LogP contribution in [-0.4, -0.2) is 21.1 Å². The van der Waals surface area contributed by atoms with Gasteiger partial charge in [0.2, 0.25) is 0 Å². The third kappa shape index (κ3) is 109. The van der Waals surface area contributed by atoms with Gasteiger partial charge in [0.05, 0.1) is 0 Å². The molecule has 0 rings (SSSR count). The van der Waals surface area contributed by atoms with Crippen LogP contribution < -0.4 is 0 Å². The SMILES string of the molecule is CCC.[CH3][Sn][CH3]. The third-order valence-electron chi connectivity index (χ3n) is 0. The van der Waals surface area contributed by atoms with Gasteiger partial charge < -0.3 is 0 Å². The number of hydrogen-bond donors (Lipinski definition) is 0. The van der Waals surface area contributed by atoms with Crippen LogP contribution in [-0.2, 0) is 0 Å². The summed E-state index contributed by atoms with van der Waals surface area (Å²) in [6, 6.07) is 0. The maximum atomic E-state index is 2.30. The van der Waals surface area contributed by atoms with E-state index in [1.807, 2.05) is 0 Å². The first-order valence-corrected chi connectivity index (χ1v) is 8.12. The van der Waals surface area contributed by atoms with Gasteiger partial charge in [0.1, 0.15) is 0 Å². The van der Waals surface area contributed by atoms with Gasteiger partial charge >= 0.3 is 31.0 Å². The minimum absolute atomic E-state index is 0.230. The zero-order valence-electron chi connectivity index (χ0n) is 5.21. The minimum atomic E-state index is 0.230. The summed E-state index contributed by atoms with van der Waals surface area (Å²) in [6.45, 7) is 4.25. The van der Waals surface area contributed by atoms with E-state index in [0.29, 0.717) is 0 Å². The monoisotopic (exact) mass is 194 g/mol. The molecule has 0 aromatic carbocycles. The molecule has 0 fully saturated rings. The van der Waals surface area contributed by atoms with Gasteiger partial charge in [0, 0.05) is 0 Å². The zero-order chi connectivity index (χ0) is 5.41. The van der Waals surface area contributed by atoms with Crippen LogP contribution in [0.3, 0.4) is 0 Å². The van der Waals surface area contributed by atoms with Crippen LogP contribution in [0.5, 0.6) is 0 Å². The van der Waals surface area contributed by atoms with Gasteiger partial charge in [-0.25, -0.2) is 0 Å². The van der Waals surface area contributed by atoms with Crippen molar-refractivity contribution in [3.05, 3.63) is 0 Å². The summed E-state index contributed by atoms with van der Waals surface area (Å²) in [4.78, 5) is 4.59. The Morgan fingerprint density at radius 3 is 1.17 bits per heavy atom. The molecule has 0 bridgehead atoms. The van der Waals surface area contributed by atoms with E-state index >= 15 is 0 Å². The van der Waals surface area contributed by atoms with E-state index in [-0.39, 0.29) is 21.1 Å². The predicted molar refractivity (Wildman–Crippen MR) is 33.4 cm³/mol. The Labute approximate surface area is 51.5 Å². The second-order valence-corrected chi connectivity index (χ2v) is 4.06. The summed E-state index contributed by atoms with van der Waals surface area (Å²) in [6.07, 6.45) is 1.25. The van der Waals surface area contributed by atoms with Gasteiger partial charge in [-0.05, 0) is 0 Å². The molecule has 0 saturated heterocycles. The summed E-state index contributed by atoms with van der Waals surface area (Å²) < 4.78 is 0. The first kappa shape index (κ1) is 9.93. The topological polar surface area (TPSA) is 0 Å². The average molecular weight is 193 g/mol. The Hall–Kier alpha value is 0.799. The van der Waals surface area contributed by atoms with Crippen molar-refractivity contribution in [2.24, 2.45) is 0 Å². The standard InChI is InChI=1S/C3H8.2CH3.Sn/c1-3-2;;;/h3H2,1-2H3;2*1H3;. The average Bonchev–Trinajstić information content (AvgIpc) is 1.39. The van der Waals surface area contributed by atoms with E-state index in [2.05, 4.69) is 23.7 Å². The zero-order valence-corrected chi connectivity index (χ0v) is 8.06. The van der Waals surface area contributed by atoms with Crippen molar-refractivity contribution >= 4 is 21.1 Å². The van der Waals surface area contributed by atoms with Crippen molar-refractivity contribution in [1.29, 1.82) is 0 Å². The molecule has 0 N–H and O–H groups in total. The molecule has 0 saturated carbocycles. The molecular formula is C5H14Sn. The van der Waals surface area contributed by atoms with Crippen molar-refractivity contribution < 1.29 is 0 Å². The van der Waals surface area contributed by atoms with Gasteiger partial charge in [-0.2, -0.15) is 0 Å². The molecule has 0 nitrogen and oxygen atoms in total. The number of hydrogen-bond acceptors (Lipinski definition) is 0. The molecule has 0 aromatic rings. The molecule has 1 heteroatoms. The van der Waals surface area contributed by atoms with Crippen LogP contribution in [0.1, 0.15) is 20.3 Å². The summed E-state index contributed by atoms with van der Waals surface area (Å²) in [5, 5.41) is 0. The normalized spacial score (nSPS) is 6.00. The number of rotatable bonds is 0. The summed E-state index contributed by atoms with van der Waals surface area (Å²) in [7, 11) is 0. The van der Waals surface area contributed by atoms with Crippen LogP contribution in [0.15, 0.2) is 0 Å². The Bertz CT molecular complexity index is 5.90. The second-order valence-electron chi connectivity index (χ2n) is 1.21. The Kier molecular flexibility index (Phi) is 28.2. The summed E-state index contributed by atoms with van der Waals surface area (Å²) in [5.74, 6) is 0. The van der Waals surface area contributed by atoms with Gasteiger partial charge in [-0.1, -0.05) is 20.3 Å². The molecule has 38 valence electrons. The van der Waals surface area contributed by atoms with Crippen LogP contribution in [0.25, 0.3) is 0 Å². The van der Waals surface area contributed by atoms with Gasteiger partial charge in [-0.15, -0.1) is 0 Å². The Morgan fingerprint density at radius 2 is 1.17 bits per heavy atom. The Balaban J connectivity index is 0. The Morgan fingerprint density at radius 1 is 1.17 bits per heavy atom. The van der Waals surface area contributed by atoms with E-state index in [1.165, 1.54) is 6.42 Å². The van der Waals surface area contributed by atoms with Crippen molar-refractivity contribution in [3.8, 4) is 0 Å². The maximum absolute atomic E-state index is 2.30. The third-order valence-corrected chi connectivity index (χ3v) is 0.